The molecular formula is C15H22IN5. The molecule has 0 aromatic carbocycles. The second-order valence-electron chi connectivity index (χ2n) is 4.87. The minimum Gasteiger partial charge on any atom is -0.369 e. The summed E-state index contributed by atoms with van der Waals surface area (Å²) in [6, 6.07) is 1.98. The Kier molecular flexibility index (Phi) is 5.96. The van der Waals surface area contributed by atoms with Gasteiger partial charge in [0.05, 0.1) is 9.26 Å². The predicted molar refractivity (Wildman–Crippen MR) is 94.4 cm³/mol. The van der Waals surface area contributed by atoms with E-state index in [0.29, 0.717) is 0 Å². The molecule has 0 saturated heterocycles. The first-order valence-electron chi connectivity index (χ1n) is 7.53. The fourth-order valence-corrected chi connectivity index (χ4v) is 2.85. The first-order valence-corrected chi connectivity index (χ1v) is 8.61. The molecule has 6 heteroatoms. The molecule has 0 radical (unpaired) electrons. The predicted octanol–water partition coefficient (Wildman–Crippen LogP) is 3.74. The summed E-state index contributed by atoms with van der Waals surface area (Å²) in [5, 5.41) is 7.73. The van der Waals surface area contributed by atoms with Crippen LogP contribution in [0.3, 0.4) is 0 Å². The lowest BCUT2D eigenvalue weighted by Gasteiger charge is -2.13. The lowest BCUT2D eigenvalue weighted by molar-refractivity contribution is 0.663. The van der Waals surface area contributed by atoms with Crippen LogP contribution in [0.4, 0.5) is 5.82 Å². The number of halogens is 1. The van der Waals surface area contributed by atoms with Crippen molar-refractivity contribution in [2.24, 2.45) is 0 Å². The molecule has 2 aromatic rings. The Hall–Kier alpha value is -1.18. The van der Waals surface area contributed by atoms with E-state index >= 15 is 0 Å². The van der Waals surface area contributed by atoms with E-state index in [1.54, 1.807) is 6.20 Å². The van der Waals surface area contributed by atoms with Crippen LogP contribution in [-0.2, 0) is 13.0 Å². The molecule has 0 fully saturated rings. The Labute approximate surface area is 139 Å². The molecule has 0 aliphatic carbocycles. The second kappa shape index (κ2) is 7.72. The molecule has 1 N–H and O–H groups in total. The van der Waals surface area contributed by atoms with Crippen LogP contribution in [-0.4, -0.2) is 26.3 Å². The van der Waals surface area contributed by atoms with E-state index in [4.69, 9.17) is 9.97 Å². The van der Waals surface area contributed by atoms with Crippen LogP contribution in [0.25, 0.3) is 11.5 Å². The van der Waals surface area contributed by atoms with Crippen molar-refractivity contribution in [3.63, 3.8) is 0 Å². The van der Waals surface area contributed by atoms with Gasteiger partial charge in [-0.3, -0.25) is 4.68 Å². The number of aromatic nitrogens is 4. The van der Waals surface area contributed by atoms with Gasteiger partial charge >= 0.3 is 0 Å². The molecule has 0 saturated carbocycles. The van der Waals surface area contributed by atoms with Crippen LogP contribution in [0.15, 0.2) is 12.3 Å². The number of nitrogens with zero attached hydrogens (tertiary/aromatic N) is 4. The summed E-state index contributed by atoms with van der Waals surface area (Å²) in [4.78, 5) is 9.48. The van der Waals surface area contributed by atoms with Gasteiger partial charge in [0.2, 0.25) is 0 Å². The van der Waals surface area contributed by atoms with Crippen LogP contribution in [0, 0.1) is 3.57 Å². The fraction of sp³-hybridized carbons (Fsp3) is 0.533. The van der Waals surface area contributed by atoms with E-state index in [1.807, 2.05) is 10.7 Å². The average Bonchev–Trinajstić information content (AvgIpc) is 2.96. The van der Waals surface area contributed by atoms with Crippen LogP contribution in [0.1, 0.15) is 39.3 Å². The van der Waals surface area contributed by atoms with Crippen molar-refractivity contribution in [3.8, 4) is 11.5 Å². The largest absolute Gasteiger partial charge is 0.369 e. The highest BCUT2D eigenvalue weighted by atomic mass is 127. The van der Waals surface area contributed by atoms with E-state index in [-0.39, 0.29) is 0 Å². The maximum atomic E-state index is 4.76. The quantitative estimate of drug-likeness (QED) is 0.721. The third-order valence-corrected chi connectivity index (χ3v) is 4.33. The maximum absolute atomic E-state index is 4.76. The molecule has 0 atom stereocenters. The zero-order valence-electron chi connectivity index (χ0n) is 12.9. The van der Waals surface area contributed by atoms with Crippen molar-refractivity contribution in [2.45, 2.75) is 46.6 Å². The van der Waals surface area contributed by atoms with Gasteiger partial charge in [0.1, 0.15) is 11.5 Å². The maximum Gasteiger partial charge on any atom is 0.180 e. The van der Waals surface area contributed by atoms with E-state index in [1.165, 1.54) is 0 Å². The van der Waals surface area contributed by atoms with Crippen molar-refractivity contribution in [3.05, 3.63) is 21.5 Å². The van der Waals surface area contributed by atoms with E-state index < -0.39 is 0 Å². The van der Waals surface area contributed by atoms with Crippen LogP contribution >= 0.6 is 22.6 Å². The van der Waals surface area contributed by atoms with Gasteiger partial charge in [-0.15, -0.1) is 0 Å². The SMILES string of the molecule is CCCNc1nc(-c2ccnn2CC)nc(CCC)c1I. The molecule has 0 bridgehead atoms. The van der Waals surface area contributed by atoms with Crippen LogP contribution in [0.2, 0.25) is 0 Å². The topological polar surface area (TPSA) is 55.6 Å². The molecule has 0 spiro atoms. The molecular weight excluding hydrogens is 377 g/mol. The van der Waals surface area contributed by atoms with Gasteiger partial charge in [0.15, 0.2) is 5.82 Å². The summed E-state index contributed by atoms with van der Waals surface area (Å²) >= 11 is 2.35. The molecule has 0 aliphatic rings. The third-order valence-electron chi connectivity index (χ3n) is 3.19. The Morgan fingerprint density at radius 2 is 2.00 bits per heavy atom. The van der Waals surface area contributed by atoms with E-state index in [0.717, 1.165) is 59.0 Å². The Morgan fingerprint density at radius 3 is 2.67 bits per heavy atom. The van der Waals surface area contributed by atoms with Gasteiger partial charge < -0.3 is 5.32 Å². The van der Waals surface area contributed by atoms with Crippen LogP contribution < -0.4 is 5.32 Å². The minimum atomic E-state index is 0.761. The van der Waals surface area contributed by atoms with Crippen molar-refractivity contribution in [1.29, 1.82) is 0 Å². The minimum absolute atomic E-state index is 0.761. The van der Waals surface area contributed by atoms with Crippen molar-refractivity contribution in [2.75, 3.05) is 11.9 Å². The molecule has 0 amide bonds. The normalized spacial score (nSPS) is 10.9. The number of aryl methyl sites for hydroxylation is 2. The summed E-state index contributed by atoms with van der Waals surface area (Å²) < 4.78 is 3.07. The number of rotatable bonds is 7. The third kappa shape index (κ3) is 3.72. The van der Waals surface area contributed by atoms with E-state index in [9.17, 15) is 0 Å². The van der Waals surface area contributed by atoms with Crippen molar-refractivity contribution >= 4 is 28.4 Å². The van der Waals surface area contributed by atoms with Crippen LogP contribution in [0.5, 0.6) is 0 Å². The summed E-state index contributed by atoms with van der Waals surface area (Å²) in [6.45, 7) is 8.14. The lowest BCUT2D eigenvalue weighted by Crippen LogP contribution is -2.10. The van der Waals surface area contributed by atoms with Gasteiger partial charge in [-0.1, -0.05) is 20.3 Å². The molecule has 2 heterocycles. The number of anilines is 1. The molecule has 114 valence electrons. The van der Waals surface area contributed by atoms with Gasteiger partial charge in [-0.25, -0.2) is 9.97 Å². The monoisotopic (exact) mass is 399 g/mol. The zero-order chi connectivity index (χ0) is 15.2. The Balaban J connectivity index is 2.47. The summed E-state index contributed by atoms with van der Waals surface area (Å²) in [5.41, 5.74) is 2.09. The highest BCUT2D eigenvalue weighted by Crippen LogP contribution is 2.25. The first kappa shape index (κ1) is 16.2. The molecule has 2 aromatic heterocycles. The van der Waals surface area contributed by atoms with Crippen molar-refractivity contribution in [1.82, 2.24) is 19.7 Å². The Bertz CT molecular complexity index is 594. The zero-order valence-corrected chi connectivity index (χ0v) is 15.0. The summed E-state index contributed by atoms with van der Waals surface area (Å²) in [5.74, 6) is 1.70. The number of hydrogen-bond donors (Lipinski definition) is 1. The molecule has 0 unspecified atom stereocenters. The molecule has 21 heavy (non-hydrogen) atoms. The standard InChI is InChI=1S/C15H22IN5/c1-4-7-11-13(16)15(17-9-5-2)20-14(19-11)12-8-10-18-21(12)6-3/h8,10H,4-7,9H2,1-3H3,(H,17,19,20). The number of hydrogen-bond acceptors (Lipinski definition) is 4. The fourth-order valence-electron chi connectivity index (χ4n) is 2.15. The molecule has 5 nitrogen and oxygen atoms in total. The smallest absolute Gasteiger partial charge is 0.180 e. The van der Waals surface area contributed by atoms with Gasteiger partial charge in [0, 0.05) is 19.3 Å². The lowest BCUT2D eigenvalue weighted by atomic mass is 10.2. The average molecular weight is 399 g/mol. The molecule has 0 aliphatic heterocycles. The highest BCUT2D eigenvalue weighted by Gasteiger charge is 2.15. The van der Waals surface area contributed by atoms with Gasteiger partial charge in [-0.2, -0.15) is 5.10 Å². The van der Waals surface area contributed by atoms with Gasteiger partial charge in [-0.05, 0) is 48.4 Å². The number of nitrogens with one attached hydrogen (secondary N) is 1. The summed E-state index contributed by atoms with van der Waals surface area (Å²) in [7, 11) is 0. The Morgan fingerprint density at radius 1 is 1.19 bits per heavy atom. The van der Waals surface area contributed by atoms with Crippen molar-refractivity contribution < 1.29 is 0 Å². The molecule has 2 rings (SSSR count). The van der Waals surface area contributed by atoms with E-state index in [2.05, 4.69) is 53.8 Å². The van der Waals surface area contributed by atoms with Gasteiger partial charge in [0.25, 0.3) is 0 Å². The first-order chi connectivity index (χ1) is 10.2. The highest BCUT2D eigenvalue weighted by molar-refractivity contribution is 14.1. The summed E-state index contributed by atoms with van der Waals surface area (Å²) in [6.07, 6.45) is 4.92. The second-order valence-corrected chi connectivity index (χ2v) is 5.94.